The Morgan fingerprint density at radius 2 is 1.73 bits per heavy atom. The van der Waals surface area contributed by atoms with E-state index in [4.69, 9.17) is 24.7 Å². The highest BCUT2D eigenvalue weighted by atomic mass is 16.6. The number of nitrogen functional groups attached to an aromatic ring is 1. The summed E-state index contributed by atoms with van der Waals surface area (Å²) in [4.78, 5) is 0. The van der Waals surface area contributed by atoms with Crippen LogP contribution in [0.2, 0.25) is 0 Å². The van der Waals surface area contributed by atoms with Crippen molar-refractivity contribution in [3.63, 3.8) is 0 Å². The fourth-order valence-corrected chi connectivity index (χ4v) is 1.75. The predicted molar refractivity (Wildman–Crippen MR) is 103 cm³/mol. The van der Waals surface area contributed by atoms with E-state index in [-0.39, 0.29) is 0 Å². The third-order valence-corrected chi connectivity index (χ3v) is 3.12. The molecule has 1 aromatic rings. The average molecular weight is 373 g/mol. The molecule has 0 spiro atoms. The monoisotopic (exact) mass is 373 g/mol. The summed E-state index contributed by atoms with van der Waals surface area (Å²) in [5, 5.41) is 12.0. The lowest BCUT2D eigenvalue weighted by atomic mass is 10.3. The van der Waals surface area contributed by atoms with E-state index >= 15 is 0 Å². The van der Waals surface area contributed by atoms with Crippen molar-refractivity contribution in [1.29, 1.82) is 0 Å². The van der Waals surface area contributed by atoms with Gasteiger partial charge in [0.15, 0.2) is 11.5 Å². The van der Waals surface area contributed by atoms with E-state index in [1.165, 1.54) is 0 Å². The number of anilines is 1. The SMILES string of the molecule is CCCOCC.COc1cc(N)ccc1OCCOCCN(O)N(C)C. The highest BCUT2D eigenvalue weighted by molar-refractivity contribution is 5.51. The summed E-state index contributed by atoms with van der Waals surface area (Å²) in [7, 11) is 5.06. The van der Waals surface area contributed by atoms with Crippen LogP contribution < -0.4 is 15.2 Å². The van der Waals surface area contributed by atoms with Crippen LogP contribution in [0, 0.1) is 0 Å². The number of ether oxygens (including phenoxy) is 4. The fourth-order valence-electron chi connectivity index (χ4n) is 1.75. The predicted octanol–water partition coefficient (Wildman–Crippen LogP) is 2.27. The molecule has 0 aromatic heterocycles. The maximum atomic E-state index is 9.37. The minimum atomic E-state index is 0.396. The van der Waals surface area contributed by atoms with E-state index in [9.17, 15) is 5.21 Å². The first-order valence-corrected chi connectivity index (χ1v) is 8.81. The summed E-state index contributed by atoms with van der Waals surface area (Å²) < 4.78 is 21.1. The number of nitrogens with zero attached hydrogens (tertiary/aromatic N) is 2. The van der Waals surface area contributed by atoms with Gasteiger partial charge in [-0.2, -0.15) is 0 Å². The molecule has 8 heteroatoms. The number of hydrogen-bond acceptors (Lipinski definition) is 8. The zero-order valence-electron chi connectivity index (χ0n) is 16.7. The molecule has 26 heavy (non-hydrogen) atoms. The molecule has 0 heterocycles. The van der Waals surface area contributed by atoms with E-state index in [1.807, 2.05) is 6.92 Å². The van der Waals surface area contributed by atoms with Crippen molar-refractivity contribution in [3.8, 4) is 11.5 Å². The molecule has 152 valence electrons. The number of hydrazine groups is 1. The first kappa shape index (κ1) is 24.4. The van der Waals surface area contributed by atoms with Gasteiger partial charge in [0.1, 0.15) is 6.61 Å². The van der Waals surface area contributed by atoms with Gasteiger partial charge in [0.05, 0.1) is 26.9 Å². The summed E-state index contributed by atoms with van der Waals surface area (Å²) in [5.74, 6) is 1.22. The molecule has 0 fully saturated rings. The summed E-state index contributed by atoms with van der Waals surface area (Å²) >= 11 is 0. The van der Waals surface area contributed by atoms with E-state index < -0.39 is 0 Å². The lowest BCUT2D eigenvalue weighted by molar-refractivity contribution is -0.230. The Kier molecular flexibility index (Phi) is 14.7. The van der Waals surface area contributed by atoms with Crippen molar-refractivity contribution >= 4 is 5.69 Å². The zero-order valence-corrected chi connectivity index (χ0v) is 16.7. The van der Waals surface area contributed by atoms with Crippen molar-refractivity contribution in [1.82, 2.24) is 10.2 Å². The maximum absolute atomic E-state index is 9.37. The van der Waals surface area contributed by atoms with Crippen LogP contribution in [0.25, 0.3) is 0 Å². The van der Waals surface area contributed by atoms with E-state index in [0.29, 0.717) is 43.6 Å². The van der Waals surface area contributed by atoms with Crippen molar-refractivity contribution < 1.29 is 24.2 Å². The van der Waals surface area contributed by atoms with Crippen molar-refractivity contribution in [3.05, 3.63) is 18.2 Å². The molecule has 8 nitrogen and oxygen atoms in total. The minimum absolute atomic E-state index is 0.396. The first-order valence-electron chi connectivity index (χ1n) is 8.81. The number of hydrogen-bond donors (Lipinski definition) is 2. The Balaban J connectivity index is 0.000000896. The standard InChI is InChI=1S/C13H23N3O4.C5H12O/c1-15(2)16(17)6-7-19-8-9-20-12-5-4-11(14)10-13(12)18-3;1-3-5-6-4-2/h4-5,10,17H,6-9,14H2,1-3H3;3-5H2,1-2H3. The molecule has 1 aromatic carbocycles. The number of rotatable bonds is 12. The normalized spacial score (nSPS) is 10.6. The van der Waals surface area contributed by atoms with Crippen LogP contribution in [0.4, 0.5) is 5.69 Å². The molecule has 0 unspecified atom stereocenters. The summed E-state index contributed by atoms with van der Waals surface area (Å²) in [5.41, 5.74) is 6.28. The Morgan fingerprint density at radius 3 is 2.27 bits per heavy atom. The van der Waals surface area contributed by atoms with Crippen LogP contribution in [-0.4, -0.2) is 76.2 Å². The average Bonchev–Trinajstić information content (AvgIpc) is 2.63. The molecule has 0 atom stereocenters. The van der Waals surface area contributed by atoms with Gasteiger partial charge in [0.2, 0.25) is 0 Å². The summed E-state index contributed by atoms with van der Waals surface area (Å²) in [6.07, 6.45) is 1.13. The van der Waals surface area contributed by atoms with Crippen LogP contribution in [-0.2, 0) is 9.47 Å². The summed E-state index contributed by atoms with van der Waals surface area (Å²) in [6, 6.07) is 5.21. The van der Waals surface area contributed by atoms with Gasteiger partial charge in [-0.3, -0.25) is 5.21 Å². The second-order valence-corrected chi connectivity index (χ2v) is 5.51. The van der Waals surface area contributed by atoms with Crippen LogP contribution >= 0.6 is 0 Å². The number of nitrogens with two attached hydrogens (primary N) is 1. The van der Waals surface area contributed by atoms with Gasteiger partial charge in [-0.15, -0.1) is 5.17 Å². The topological polar surface area (TPSA) is 89.7 Å². The smallest absolute Gasteiger partial charge is 0.162 e. The second-order valence-electron chi connectivity index (χ2n) is 5.51. The van der Waals surface area contributed by atoms with Crippen molar-refractivity contribution in [2.75, 3.05) is 66.5 Å². The fraction of sp³-hybridized carbons (Fsp3) is 0.667. The first-order chi connectivity index (χ1) is 12.5. The molecule has 0 amide bonds. The van der Waals surface area contributed by atoms with Crippen LogP contribution in [0.5, 0.6) is 11.5 Å². The lowest BCUT2D eigenvalue weighted by Crippen LogP contribution is -2.36. The molecule has 0 bridgehead atoms. The zero-order chi connectivity index (χ0) is 19.8. The number of hydroxylamine groups is 1. The van der Waals surface area contributed by atoms with Gasteiger partial charge in [-0.1, -0.05) is 6.92 Å². The maximum Gasteiger partial charge on any atom is 0.162 e. The van der Waals surface area contributed by atoms with Crippen molar-refractivity contribution in [2.24, 2.45) is 0 Å². The molecule has 1 rings (SSSR count). The largest absolute Gasteiger partial charge is 0.493 e. The molecule has 3 N–H and O–H groups in total. The lowest BCUT2D eigenvalue weighted by Gasteiger charge is -2.21. The molecular weight excluding hydrogens is 338 g/mol. The molecule has 0 aliphatic carbocycles. The molecule has 0 saturated carbocycles. The number of benzene rings is 1. The minimum Gasteiger partial charge on any atom is -0.493 e. The number of methoxy groups -OCH3 is 1. The highest BCUT2D eigenvalue weighted by Gasteiger charge is 2.05. The van der Waals surface area contributed by atoms with Crippen LogP contribution in [0.15, 0.2) is 18.2 Å². The molecule has 0 aliphatic heterocycles. The Morgan fingerprint density at radius 1 is 1.00 bits per heavy atom. The third-order valence-electron chi connectivity index (χ3n) is 3.12. The molecule has 0 saturated heterocycles. The second kappa shape index (κ2) is 15.7. The van der Waals surface area contributed by atoms with Gasteiger partial charge < -0.3 is 24.7 Å². The van der Waals surface area contributed by atoms with Gasteiger partial charge >= 0.3 is 0 Å². The van der Waals surface area contributed by atoms with E-state index in [1.54, 1.807) is 44.4 Å². The van der Waals surface area contributed by atoms with Gasteiger partial charge in [0.25, 0.3) is 0 Å². The third kappa shape index (κ3) is 11.9. The van der Waals surface area contributed by atoms with Gasteiger partial charge in [-0.25, -0.2) is 5.01 Å². The molecule has 0 aliphatic rings. The van der Waals surface area contributed by atoms with E-state index in [0.717, 1.165) is 24.8 Å². The Bertz CT molecular complexity index is 456. The van der Waals surface area contributed by atoms with Gasteiger partial charge in [0, 0.05) is 39.1 Å². The summed E-state index contributed by atoms with van der Waals surface area (Å²) in [6.45, 7) is 7.52. The highest BCUT2D eigenvalue weighted by Crippen LogP contribution is 2.28. The Hall–Kier alpha value is -1.58. The van der Waals surface area contributed by atoms with Crippen LogP contribution in [0.1, 0.15) is 20.3 Å². The quantitative estimate of drug-likeness (QED) is 0.328. The van der Waals surface area contributed by atoms with Crippen molar-refractivity contribution in [2.45, 2.75) is 20.3 Å². The molecule has 0 radical (unpaired) electrons. The van der Waals surface area contributed by atoms with E-state index in [2.05, 4.69) is 6.92 Å². The Labute approximate surface area is 157 Å². The van der Waals surface area contributed by atoms with Gasteiger partial charge in [-0.05, 0) is 25.5 Å². The van der Waals surface area contributed by atoms with Crippen LogP contribution in [0.3, 0.4) is 0 Å². The molecular formula is C18H35N3O5.